The number of hydrogen-bond acceptors (Lipinski definition) is 2. The molecule has 0 fully saturated rings. The monoisotopic (exact) mass is 183 g/mol. The summed E-state index contributed by atoms with van der Waals surface area (Å²) in [4.78, 5) is 4.37. The van der Waals surface area contributed by atoms with Crippen molar-refractivity contribution in [3.8, 4) is 0 Å². The maximum atomic E-state index is 5.49. The second-order valence-corrected chi connectivity index (χ2v) is 3.63. The van der Waals surface area contributed by atoms with Crippen molar-refractivity contribution in [1.82, 2.24) is 0 Å². The van der Waals surface area contributed by atoms with E-state index in [2.05, 4.69) is 11.9 Å². The van der Waals surface area contributed by atoms with Gasteiger partial charge in [0.25, 0.3) is 0 Å². The van der Waals surface area contributed by atoms with Gasteiger partial charge in [-0.3, -0.25) is 0 Å². The Morgan fingerprint density at radius 3 is 2.38 bits per heavy atom. The van der Waals surface area contributed by atoms with Gasteiger partial charge in [-0.1, -0.05) is 12.5 Å². The normalized spacial score (nSPS) is 11.7. The van der Waals surface area contributed by atoms with E-state index in [0.29, 0.717) is 6.04 Å². The highest BCUT2D eigenvalue weighted by atomic mass is 16.5. The first-order valence-corrected chi connectivity index (χ1v) is 4.91. The molecule has 0 aliphatic rings. The number of aliphatic imine (C=N–C) groups is 1. The lowest BCUT2D eigenvalue weighted by Crippen LogP contribution is -2.06. The molecule has 0 atom stereocenters. The van der Waals surface area contributed by atoms with Crippen molar-refractivity contribution in [2.75, 3.05) is 6.61 Å². The highest BCUT2D eigenvalue weighted by Crippen LogP contribution is 1.98. The number of rotatable bonds is 4. The van der Waals surface area contributed by atoms with Gasteiger partial charge in [-0.15, -0.1) is 0 Å². The maximum Gasteiger partial charge on any atom is 0.208 e. The van der Waals surface area contributed by atoms with Crippen LogP contribution in [0.25, 0.3) is 0 Å². The summed E-state index contributed by atoms with van der Waals surface area (Å²) in [6.45, 7) is 11.0. The fraction of sp³-hybridized carbons (Fsp3) is 0.727. The minimum atomic E-state index is 0.294. The molecule has 0 unspecified atom stereocenters. The van der Waals surface area contributed by atoms with Crippen LogP contribution < -0.4 is 0 Å². The van der Waals surface area contributed by atoms with Crippen molar-refractivity contribution in [3.63, 3.8) is 0 Å². The molecule has 0 aromatic heterocycles. The van der Waals surface area contributed by atoms with Crippen LogP contribution in [0.1, 0.15) is 41.0 Å². The second-order valence-electron chi connectivity index (χ2n) is 3.63. The van der Waals surface area contributed by atoms with Gasteiger partial charge in [0.15, 0.2) is 0 Å². The Labute approximate surface area is 81.7 Å². The van der Waals surface area contributed by atoms with Crippen LogP contribution in [0.4, 0.5) is 0 Å². The Morgan fingerprint density at radius 2 is 2.00 bits per heavy atom. The zero-order valence-corrected chi connectivity index (χ0v) is 9.42. The van der Waals surface area contributed by atoms with Gasteiger partial charge >= 0.3 is 0 Å². The predicted molar refractivity (Wildman–Crippen MR) is 58.2 cm³/mol. The predicted octanol–water partition coefficient (Wildman–Crippen LogP) is 3.19. The van der Waals surface area contributed by atoms with Crippen molar-refractivity contribution in [3.05, 3.63) is 11.6 Å². The van der Waals surface area contributed by atoms with Gasteiger partial charge in [0, 0.05) is 6.04 Å². The molecule has 0 aliphatic carbocycles. The summed E-state index contributed by atoms with van der Waals surface area (Å²) in [5, 5.41) is 0. The molecule has 0 saturated carbocycles. The van der Waals surface area contributed by atoms with E-state index in [9.17, 15) is 0 Å². The third-order valence-electron chi connectivity index (χ3n) is 1.25. The van der Waals surface area contributed by atoms with Crippen LogP contribution in [0.3, 0.4) is 0 Å². The van der Waals surface area contributed by atoms with Gasteiger partial charge in [0.1, 0.15) is 0 Å². The van der Waals surface area contributed by atoms with E-state index < -0.39 is 0 Å². The molecule has 0 N–H and O–H groups in total. The molecule has 0 radical (unpaired) electrons. The van der Waals surface area contributed by atoms with Crippen LogP contribution in [0.5, 0.6) is 0 Å². The zero-order valence-electron chi connectivity index (χ0n) is 9.42. The lowest BCUT2D eigenvalue weighted by atomic mass is 10.3. The third kappa shape index (κ3) is 7.57. The standard InChI is InChI=1S/C11H21NO/c1-6-7-13-11(8-9(2)3)12-10(4)5/h8,10H,6-7H2,1-5H3/b12-11+. The molecule has 2 nitrogen and oxygen atoms in total. The largest absolute Gasteiger partial charge is 0.478 e. The van der Waals surface area contributed by atoms with E-state index in [4.69, 9.17) is 4.74 Å². The summed E-state index contributed by atoms with van der Waals surface area (Å²) in [7, 11) is 0. The van der Waals surface area contributed by atoms with Crippen molar-refractivity contribution in [2.24, 2.45) is 4.99 Å². The van der Waals surface area contributed by atoms with E-state index in [1.807, 2.05) is 33.8 Å². The maximum absolute atomic E-state index is 5.49. The molecular weight excluding hydrogens is 162 g/mol. The summed E-state index contributed by atoms with van der Waals surface area (Å²) >= 11 is 0. The number of ether oxygens (including phenoxy) is 1. The van der Waals surface area contributed by atoms with Crippen molar-refractivity contribution in [1.29, 1.82) is 0 Å². The molecule has 13 heavy (non-hydrogen) atoms. The summed E-state index contributed by atoms with van der Waals surface area (Å²) in [6.07, 6.45) is 3.00. The van der Waals surface area contributed by atoms with E-state index in [-0.39, 0.29) is 0 Å². The van der Waals surface area contributed by atoms with Gasteiger partial charge in [-0.2, -0.15) is 0 Å². The Morgan fingerprint density at radius 1 is 1.38 bits per heavy atom. The molecule has 2 heteroatoms. The Balaban J connectivity index is 4.28. The molecule has 0 saturated heterocycles. The topological polar surface area (TPSA) is 21.6 Å². The van der Waals surface area contributed by atoms with Gasteiger partial charge < -0.3 is 4.74 Å². The third-order valence-corrected chi connectivity index (χ3v) is 1.25. The molecule has 0 spiro atoms. The van der Waals surface area contributed by atoms with Gasteiger partial charge in [0.2, 0.25) is 5.90 Å². The lowest BCUT2D eigenvalue weighted by Gasteiger charge is -2.06. The number of nitrogens with zero attached hydrogens (tertiary/aromatic N) is 1. The lowest BCUT2D eigenvalue weighted by molar-refractivity contribution is 0.304. The average molecular weight is 183 g/mol. The first kappa shape index (κ1) is 12.2. The second kappa shape index (κ2) is 6.70. The molecule has 0 aromatic rings. The fourth-order valence-electron chi connectivity index (χ4n) is 0.824. The Bertz CT molecular complexity index is 188. The number of allylic oxidation sites excluding steroid dienone is 1. The molecule has 0 rings (SSSR count). The van der Waals surface area contributed by atoms with Crippen molar-refractivity contribution < 1.29 is 4.74 Å². The fourth-order valence-corrected chi connectivity index (χ4v) is 0.824. The molecule has 0 bridgehead atoms. The molecule has 0 heterocycles. The highest BCUT2D eigenvalue weighted by Gasteiger charge is 1.97. The van der Waals surface area contributed by atoms with Crippen LogP contribution in [0.15, 0.2) is 16.6 Å². The SMILES string of the molecule is CCCO/C(C=C(C)C)=N/C(C)C. The Hall–Kier alpha value is -0.790. The zero-order chi connectivity index (χ0) is 10.3. The van der Waals surface area contributed by atoms with Crippen molar-refractivity contribution in [2.45, 2.75) is 47.1 Å². The molecule has 76 valence electrons. The van der Waals surface area contributed by atoms with Gasteiger partial charge in [-0.05, 0) is 40.2 Å². The van der Waals surface area contributed by atoms with E-state index in [1.165, 1.54) is 5.57 Å². The molecule has 0 aliphatic heterocycles. The highest BCUT2D eigenvalue weighted by molar-refractivity contribution is 5.88. The summed E-state index contributed by atoms with van der Waals surface area (Å²) in [6, 6.07) is 0.294. The Kier molecular flexibility index (Phi) is 6.29. The van der Waals surface area contributed by atoms with Gasteiger partial charge in [0.05, 0.1) is 6.61 Å². The smallest absolute Gasteiger partial charge is 0.208 e. The van der Waals surface area contributed by atoms with Crippen LogP contribution in [-0.2, 0) is 4.74 Å². The summed E-state index contributed by atoms with van der Waals surface area (Å²) < 4.78 is 5.49. The van der Waals surface area contributed by atoms with Crippen molar-refractivity contribution >= 4 is 5.90 Å². The average Bonchev–Trinajstić information content (AvgIpc) is 1.98. The summed E-state index contributed by atoms with van der Waals surface area (Å²) in [5.74, 6) is 0.761. The minimum Gasteiger partial charge on any atom is -0.478 e. The van der Waals surface area contributed by atoms with Crippen LogP contribution in [0, 0.1) is 0 Å². The first-order chi connectivity index (χ1) is 6.06. The quantitative estimate of drug-likeness (QED) is 0.484. The minimum absolute atomic E-state index is 0.294. The van der Waals surface area contributed by atoms with E-state index >= 15 is 0 Å². The van der Waals surface area contributed by atoms with E-state index in [1.54, 1.807) is 0 Å². The van der Waals surface area contributed by atoms with Gasteiger partial charge in [-0.25, -0.2) is 4.99 Å². The van der Waals surface area contributed by atoms with E-state index in [0.717, 1.165) is 18.9 Å². The first-order valence-electron chi connectivity index (χ1n) is 4.91. The molecule has 0 aromatic carbocycles. The van der Waals surface area contributed by atoms with Crippen LogP contribution in [-0.4, -0.2) is 18.5 Å². The molecule has 0 amide bonds. The summed E-state index contributed by atoms with van der Waals surface area (Å²) in [5.41, 5.74) is 1.22. The van der Waals surface area contributed by atoms with Crippen LogP contribution >= 0.6 is 0 Å². The molecular formula is C11H21NO. The number of hydrogen-bond donors (Lipinski definition) is 0. The van der Waals surface area contributed by atoms with Crippen LogP contribution in [0.2, 0.25) is 0 Å².